The molecule has 10 heteroatoms. The molecule has 6 nitrogen and oxygen atoms in total. The lowest BCUT2D eigenvalue weighted by Crippen LogP contribution is -2.41. The highest BCUT2D eigenvalue weighted by atomic mass is 32.2. The molecule has 1 amide bonds. The first-order valence-electron chi connectivity index (χ1n) is 8.04. The molecule has 1 atom stereocenters. The van der Waals surface area contributed by atoms with Crippen molar-refractivity contribution in [2.75, 3.05) is 7.11 Å². The fourth-order valence-electron chi connectivity index (χ4n) is 2.32. The second kappa shape index (κ2) is 9.07. The number of ether oxygens (including phenoxy) is 1. The van der Waals surface area contributed by atoms with Crippen LogP contribution in [-0.2, 0) is 26.1 Å². The average Bonchev–Trinajstić information content (AvgIpc) is 2.66. The Morgan fingerprint density at radius 1 is 1.07 bits per heavy atom. The molecule has 0 aliphatic carbocycles. The van der Waals surface area contributed by atoms with Crippen LogP contribution in [0.25, 0.3) is 0 Å². The molecule has 0 saturated heterocycles. The number of benzene rings is 2. The van der Waals surface area contributed by atoms with E-state index in [4.69, 9.17) is 9.57 Å². The molecule has 152 valence electrons. The molecule has 0 bridgehead atoms. The summed E-state index contributed by atoms with van der Waals surface area (Å²) in [6.45, 7) is -0.0749. The normalized spacial score (nSPS) is 13.0. The van der Waals surface area contributed by atoms with Gasteiger partial charge in [0.2, 0.25) is 5.91 Å². The number of hydrogen-bond acceptors (Lipinski definition) is 5. The molecule has 28 heavy (non-hydrogen) atoms. The maximum atomic E-state index is 13.4. The Morgan fingerprint density at radius 2 is 1.68 bits per heavy atom. The molecule has 0 aliphatic rings. The molecule has 0 spiro atoms. The van der Waals surface area contributed by atoms with Gasteiger partial charge in [0, 0.05) is 0 Å². The highest BCUT2D eigenvalue weighted by Gasteiger charge is 2.50. The Kier molecular flexibility index (Phi) is 7.03. The number of carbonyl (C=O) groups excluding carboxylic acids is 1. The van der Waals surface area contributed by atoms with E-state index in [2.05, 4.69) is 0 Å². The maximum absolute atomic E-state index is 13.4. The number of nitrogens with one attached hydrogen (secondary N) is 1. The summed E-state index contributed by atoms with van der Waals surface area (Å²) in [4.78, 5) is 16.2. The number of halogens is 3. The van der Waals surface area contributed by atoms with Crippen LogP contribution in [0.1, 0.15) is 12.0 Å². The van der Waals surface area contributed by atoms with Crippen molar-refractivity contribution in [3.8, 4) is 5.75 Å². The summed E-state index contributed by atoms with van der Waals surface area (Å²) in [5.74, 6) is -0.912. The van der Waals surface area contributed by atoms with Crippen LogP contribution in [0.2, 0.25) is 0 Å². The third kappa shape index (κ3) is 5.70. The summed E-state index contributed by atoms with van der Waals surface area (Å²) in [5.41, 5.74) is 2.53. The summed E-state index contributed by atoms with van der Waals surface area (Å²) >= 11 is 0. The molecule has 0 saturated carbocycles. The second-order valence-corrected chi connectivity index (χ2v) is 7.88. The SMILES string of the molecule is COc1ccc(S(=O)(=O)C(CC(=O)NOCc2ccccc2)C(F)(F)F)cc1. The van der Waals surface area contributed by atoms with Crippen LogP contribution < -0.4 is 10.2 Å². The van der Waals surface area contributed by atoms with E-state index in [0.717, 1.165) is 12.1 Å². The van der Waals surface area contributed by atoms with Crippen molar-refractivity contribution in [3.05, 3.63) is 60.2 Å². The molecule has 0 fully saturated rings. The molecule has 0 aromatic heterocycles. The van der Waals surface area contributed by atoms with Crippen molar-refractivity contribution < 1.29 is 36.0 Å². The van der Waals surface area contributed by atoms with Crippen molar-refractivity contribution in [2.45, 2.75) is 29.3 Å². The minimum Gasteiger partial charge on any atom is -0.497 e. The molecule has 0 aliphatic heterocycles. The Morgan fingerprint density at radius 3 is 2.21 bits per heavy atom. The standard InChI is InChI=1S/C18H18F3NO5S/c1-26-14-7-9-15(10-8-14)28(24,25)16(18(19,20)21)11-17(23)22-27-12-13-5-3-2-4-6-13/h2-10,16H,11-12H2,1H3,(H,22,23). The van der Waals surface area contributed by atoms with E-state index in [0.29, 0.717) is 5.56 Å². The van der Waals surface area contributed by atoms with Gasteiger partial charge >= 0.3 is 6.18 Å². The molecule has 2 rings (SSSR count). The van der Waals surface area contributed by atoms with Crippen molar-refractivity contribution in [3.63, 3.8) is 0 Å². The Labute approximate surface area is 160 Å². The van der Waals surface area contributed by atoms with Gasteiger partial charge in [0.05, 0.1) is 25.0 Å². The monoisotopic (exact) mass is 417 g/mol. The van der Waals surface area contributed by atoms with Crippen molar-refractivity contribution in [1.82, 2.24) is 5.48 Å². The lowest BCUT2D eigenvalue weighted by atomic mass is 10.2. The van der Waals surface area contributed by atoms with Gasteiger partial charge in [-0.2, -0.15) is 13.2 Å². The Bertz CT molecular complexity index is 884. The zero-order chi connectivity index (χ0) is 20.8. The largest absolute Gasteiger partial charge is 0.497 e. The fraction of sp³-hybridized carbons (Fsp3) is 0.278. The van der Waals surface area contributed by atoms with E-state index < -0.39 is 38.5 Å². The van der Waals surface area contributed by atoms with E-state index in [1.807, 2.05) is 5.48 Å². The summed E-state index contributed by atoms with van der Waals surface area (Å²) in [5, 5.41) is -2.91. The van der Waals surface area contributed by atoms with Gasteiger partial charge in [0.15, 0.2) is 15.1 Å². The van der Waals surface area contributed by atoms with E-state index >= 15 is 0 Å². The quantitative estimate of drug-likeness (QED) is 0.668. The summed E-state index contributed by atoms with van der Waals surface area (Å²) in [6, 6.07) is 13.0. The van der Waals surface area contributed by atoms with Crippen LogP contribution >= 0.6 is 0 Å². The maximum Gasteiger partial charge on any atom is 0.406 e. The van der Waals surface area contributed by atoms with Crippen molar-refractivity contribution >= 4 is 15.7 Å². The Hall–Kier alpha value is -2.59. The van der Waals surface area contributed by atoms with E-state index in [9.17, 15) is 26.4 Å². The lowest BCUT2D eigenvalue weighted by molar-refractivity contribution is -0.148. The van der Waals surface area contributed by atoms with Gasteiger partial charge in [0.1, 0.15) is 5.75 Å². The number of methoxy groups -OCH3 is 1. The molecular weight excluding hydrogens is 399 g/mol. The Balaban J connectivity index is 2.08. The highest BCUT2D eigenvalue weighted by Crippen LogP contribution is 2.33. The van der Waals surface area contributed by atoms with Crippen molar-refractivity contribution in [2.24, 2.45) is 0 Å². The topological polar surface area (TPSA) is 81.7 Å². The first-order chi connectivity index (χ1) is 13.1. The highest BCUT2D eigenvalue weighted by molar-refractivity contribution is 7.92. The number of hydroxylamine groups is 1. The molecule has 0 radical (unpaired) electrons. The number of rotatable bonds is 8. The fourth-order valence-corrected chi connectivity index (χ4v) is 3.88. The van der Waals surface area contributed by atoms with Crippen LogP contribution in [0.15, 0.2) is 59.5 Å². The number of alkyl halides is 3. The zero-order valence-corrected chi connectivity index (χ0v) is 15.6. The minimum atomic E-state index is -5.14. The first kappa shape index (κ1) is 21.7. The minimum absolute atomic E-state index is 0.0749. The van der Waals surface area contributed by atoms with Crippen LogP contribution in [-0.4, -0.2) is 32.9 Å². The van der Waals surface area contributed by atoms with Gasteiger partial charge in [-0.05, 0) is 29.8 Å². The summed E-state index contributed by atoms with van der Waals surface area (Å²) in [7, 11) is -3.52. The van der Waals surface area contributed by atoms with Crippen LogP contribution in [0.4, 0.5) is 13.2 Å². The van der Waals surface area contributed by atoms with Gasteiger partial charge in [-0.3, -0.25) is 9.63 Å². The summed E-state index contributed by atoms with van der Waals surface area (Å²) < 4.78 is 69.8. The molecule has 1 N–H and O–H groups in total. The van der Waals surface area contributed by atoms with Crippen LogP contribution in [0.3, 0.4) is 0 Å². The van der Waals surface area contributed by atoms with Crippen molar-refractivity contribution in [1.29, 1.82) is 0 Å². The van der Waals surface area contributed by atoms with Crippen LogP contribution in [0.5, 0.6) is 5.75 Å². The third-order valence-electron chi connectivity index (χ3n) is 3.77. The van der Waals surface area contributed by atoms with E-state index in [1.54, 1.807) is 30.3 Å². The number of carbonyl (C=O) groups is 1. The van der Waals surface area contributed by atoms with Gasteiger partial charge in [-0.15, -0.1) is 0 Å². The summed E-state index contributed by atoms with van der Waals surface area (Å²) in [6.07, 6.45) is -6.47. The predicted molar refractivity (Wildman–Crippen MR) is 94.0 cm³/mol. The number of sulfone groups is 1. The van der Waals surface area contributed by atoms with Gasteiger partial charge < -0.3 is 4.74 Å². The van der Waals surface area contributed by atoms with E-state index in [1.165, 1.54) is 19.2 Å². The second-order valence-electron chi connectivity index (χ2n) is 5.75. The average molecular weight is 417 g/mol. The van der Waals surface area contributed by atoms with Gasteiger partial charge in [-0.25, -0.2) is 13.9 Å². The number of amides is 1. The van der Waals surface area contributed by atoms with Gasteiger partial charge in [0.25, 0.3) is 0 Å². The molecular formula is C18H18F3NO5S. The molecule has 1 unspecified atom stereocenters. The number of hydrogen-bond donors (Lipinski definition) is 1. The zero-order valence-electron chi connectivity index (χ0n) is 14.8. The molecule has 2 aromatic carbocycles. The predicted octanol–water partition coefficient (Wildman–Crippen LogP) is 3.04. The van der Waals surface area contributed by atoms with Gasteiger partial charge in [-0.1, -0.05) is 30.3 Å². The van der Waals surface area contributed by atoms with E-state index in [-0.39, 0.29) is 12.4 Å². The molecule has 2 aromatic rings. The molecule has 0 heterocycles. The first-order valence-corrected chi connectivity index (χ1v) is 9.58. The lowest BCUT2D eigenvalue weighted by Gasteiger charge is -2.20. The van der Waals surface area contributed by atoms with Crippen LogP contribution in [0, 0.1) is 0 Å². The third-order valence-corrected chi connectivity index (χ3v) is 5.88. The smallest absolute Gasteiger partial charge is 0.406 e.